The third-order valence-electron chi connectivity index (χ3n) is 5.95. The van der Waals surface area contributed by atoms with Gasteiger partial charge in [0.05, 0.1) is 12.0 Å². The maximum absolute atomic E-state index is 13.6. The van der Waals surface area contributed by atoms with Crippen molar-refractivity contribution in [1.82, 2.24) is 10.4 Å². The number of rotatable bonds is 6. The molecule has 5 nitrogen and oxygen atoms in total. The van der Waals surface area contributed by atoms with Gasteiger partial charge in [-0.15, -0.1) is 0 Å². The van der Waals surface area contributed by atoms with Crippen LogP contribution in [0.3, 0.4) is 0 Å². The third kappa shape index (κ3) is 5.42. The second-order valence-corrected chi connectivity index (χ2v) is 9.49. The number of amides is 2. The van der Waals surface area contributed by atoms with Crippen LogP contribution in [0.2, 0.25) is 0 Å². The van der Waals surface area contributed by atoms with Crippen LogP contribution in [0.5, 0.6) is 5.75 Å². The lowest BCUT2D eigenvalue weighted by molar-refractivity contribution is -0.128. The van der Waals surface area contributed by atoms with Crippen LogP contribution >= 0.6 is 11.8 Å². The molecule has 0 spiro atoms. The Labute approximate surface area is 218 Å². The average molecular weight is 511 g/mol. The van der Waals surface area contributed by atoms with Crippen molar-refractivity contribution in [3.05, 3.63) is 131 Å². The van der Waals surface area contributed by atoms with E-state index in [-0.39, 0.29) is 11.7 Å². The average Bonchev–Trinajstić information content (AvgIpc) is 3.24. The Morgan fingerprint density at radius 2 is 1.54 bits per heavy atom. The van der Waals surface area contributed by atoms with E-state index in [9.17, 15) is 14.0 Å². The van der Waals surface area contributed by atoms with Crippen molar-refractivity contribution >= 4 is 29.7 Å². The van der Waals surface area contributed by atoms with Gasteiger partial charge in [0.25, 0.3) is 11.8 Å². The van der Waals surface area contributed by atoms with Crippen molar-refractivity contribution in [2.45, 2.75) is 5.37 Å². The highest BCUT2D eigenvalue weighted by molar-refractivity contribution is 8.04. The molecule has 37 heavy (non-hydrogen) atoms. The first kappa shape index (κ1) is 24.3. The van der Waals surface area contributed by atoms with Crippen molar-refractivity contribution in [3.63, 3.8) is 0 Å². The summed E-state index contributed by atoms with van der Waals surface area (Å²) in [5, 5.41) is 0.755. The second kappa shape index (κ2) is 10.7. The molecule has 184 valence electrons. The van der Waals surface area contributed by atoms with E-state index in [4.69, 9.17) is 4.74 Å². The molecule has 1 fully saturated rings. The highest BCUT2D eigenvalue weighted by atomic mass is 32.2. The Morgan fingerprint density at radius 3 is 2.19 bits per heavy atom. The van der Waals surface area contributed by atoms with E-state index < -0.39 is 11.3 Å². The summed E-state index contributed by atoms with van der Waals surface area (Å²) in [6.45, 7) is 0. The van der Waals surface area contributed by atoms with E-state index >= 15 is 0 Å². The lowest BCUT2D eigenvalue weighted by Crippen LogP contribution is -2.44. The Morgan fingerprint density at radius 1 is 0.892 bits per heavy atom. The first-order valence-electron chi connectivity index (χ1n) is 11.6. The van der Waals surface area contributed by atoms with Crippen molar-refractivity contribution in [2.75, 3.05) is 7.11 Å². The van der Waals surface area contributed by atoms with Gasteiger partial charge in [-0.3, -0.25) is 15.0 Å². The van der Waals surface area contributed by atoms with Crippen LogP contribution in [-0.2, 0) is 4.79 Å². The number of methoxy groups -OCH3 is 1. The molecule has 0 bridgehead atoms. The summed E-state index contributed by atoms with van der Waals surface area (Å²) in [4.78, 5) is 27.0. The zero-order valence-electron chi connectivity index (χ0n) is 19.9. The van der Waals surface area contributed by atoms with E-state index in [0.29, 0.717) is 21.8 Å². The van der Waals surface area contributed by atoms with Crippen LogP contribution in [0.1, 0.15) is 26.9 Å². The number of hydrazine groups is 1. The number of carbonyl (C=O) groups excluding carboxylic acids is 2. The van der Waals surface area contributed by atoms with Crippen molar-refractivity contribution in [1.29, 1.82) is 0 Å². The molecule has 7 heteroatoms. The van der Waals surface area contributed by atoms with Crippen molar-refractivity contribution in [3.8, 4) is 16.9 Å². The number of carbonyl (C=O) groups is 2. The summed E-state index contributed by atoms with van der Waals surface area (Å²) < 4.78 is 18.8. The monoisotopic (exact) mass is 510 g/mol. The zero-order chi connectivity index (χ0) is 25.8. The number of thioether (sulfide) groups is 1. The quantitative estimate of drug-likeness (QED) is 0.303. The largest absolute Gasteiger partial charge is 0.497 e. The van der Waals surface area contributed by atoms with E-state index in [2.05, 4.69) is 5.43 Å². The van der Waals surface area contributed by atoms with E-state index in [1.165, 1.54) is 28.9 Å². The molecule has 1 heterocycles. The molecule has 1 atom stereocenters. The van der Waals surface area contributed by atoms with Crippen LogP contribution in [-0.4, -0.2) is 23.9 Å². The van der Waals surface area contributed by atoms with E-state index in [0.717, 1.165) is 16.7 Å². The molecule has 1 N–H and O–H groups in total. The zero-order valence-corrected chi connectivity index (χ0v) is 20.7. The maximum atomic E-state index is 13.6. The maximum Gasteiger partial charge on any atom is 0.280 e. The minimum atomic E-state index is -0.551. The minimum absolute atomic E-state index is 0.343. The Kier molecular flexibility index (Phi) is 7.05. The number of nitrogens with one attached hydrogen (secondary N) is 1. The lowest BCUT2D eigenvalue weighted by atomic mass is 10.0. The van der Waals surface area contributed by atoms with Crippen LogP contribution in [0.15, 0.2) is 108 Å². The summed E-state index contributed by atoms with van der Waals surface area (Å²) in [5.41, 5.74) is 6.73. The summed E-state index contributed by atoms with van der Waals surface area (Å²) in [5.74, 6) is -0.416. The molecule has 4 aromatic rings. The van der Waals surface area contributed by atoms with Crippen LogP contribution in [0, 0.1) is 5.82 Å². The Hall–Kier alpha value is -4.36. The van der Waals surface area contributed by atoms with Gasteiger partial charge in [-0.2, -0.15) is 0 Å². The number of ether oxygens (including phenoxy) is 1. The number of benzene rings is 4. The predicted molar refractivity (Wildman–Crippen MR) is 144 cm³/mol. The smallest absolute Gasteiger partial charge is 0.280 e. The second-order valence-electron chi connectivity index (χ2n) is 8.36. The van der Waals surface area contributed by atoms with Gasteiger partial charge in [0.15, 0.2) is 0 Å². The fourth-order valence-electron chi connectivity index (χ4n) is 3.97. The summed E-state index contributed by atoms with van der Waals surface area (Å²) >= 11 is 1.30. The number of hydrogen-bond donors (Lipinski definition) is 1. The minimum Gasteiger partial charge on any atom is -0.497 e. The molecular formula is C30H23FN2O3S. The van der Waals surface area contributed by atoms with Gasteiger partial charge in [-0.25, -0.2) is 9.40 Å². The molecule has 1 aliphatic rings. The van der Waals surface area contributed by atoms with Crippen molar-refractivity contribution in [2.24, 2.45) is 0 Å². The molecule has 5 rings (SSSR count). The first-order valence-corrected chi connectivity index (χ1v) is 12.5. The topological polar surface area (TPSA) is 58.6 Å². The highest BCUT2D eigenvalue weighted by Gasteiger charge is 2.38. The van der Waals surface area contributed by atoms with Crippen LogP contribution in [0.4, 0.5) is 4.39 Å². The highest BCUT2D eigenvalue weighted by Crippen LogP contribution is 2.45. The summed E-state index contributed by atoms with van der Waals surface area (Å²) in [7, 11) is 1.59. The fourth-order valence-corrected chi connectivity index (χ4v) is 5.16. The van der Waals surface area contributed by atoms with Crippen LogP contribution < -0.4 is 10.2 Å². The van der Waals surface area contributed by atoms with Gasteiger partial charge in [-0.1, -0.05) is 78.5 Å². The van der Waals surface area contributed by atoms with Gasteiger partial charge < -0.3 is 4.74 Å². The number of halogens is 1. The van der Waals surface area contributed by atoms with E-state index in [1.54, 1.807) is 37.5 Å². The molecule has 0 saturated carbocycles. The fraction of sp³-hybridized carbons (Fsp3) is 0.0667. The lowest BCUT2D eigenvalue weighted by Gasteiger charge is -2.24. The molecule has 4 aromatic carbocycles. The molecular weight excluding hydrogens is 487 g/mol. The van der Waals surface area contributed by atoms with Crippen LogP contribution in [0.25, 0.3) is 17.2 Å². The number of hydrogen-bond acceptors (Lipinski definition) is 4. The van der Waals surface area contributed by atoms with Crippen molar-refractivity contribution < 1.29 is 18.7 Å². The first-order chi connectivity index (χ1) is 18.0. The molecule has 0 aliphatic carbocycles. The Balaban J connectivity index is 1.40. The van der Waals surface area contributed by atoms with Gasteiger partial charge >= 0.3 is 0 Å². The Bertz CT molecular complexity index is 1440. The van der Waals surface area contributed by atoms with Gasteiger partial charge in [-0.05, 0) is 64.7 Å². The normalized spacial score (nSPS) is 16.2. The van der Waals surface area contributed by atoms with Gasteiger partial charge in [0, 0.05) is 5.56 Å². The molecule has 1 aliphatic heterocycles. The van der Waals surface area contributed by atoms with Gasteiger partial charge in [0.1, 0.15) is 16.9 Å². The molecule has 2 amide bonds. The molecule has 0 aromatic heterocycles. The number of nitrogens with zero attached hydrogens (tertiary/aromatic N) is 1. The summed E-state index contributed by atoms with van der Waals surface area (Å²) in [6.07, 6.45) is 1.77. The third-order valence-corrected chi connectivity index (χ3v) is 7.20. The molecule has 1 saturated heterocycles. The summed E-state index contributed by atoms with van der Waals surface area (Å²) in [6, 6.07) is 30.3. The molecule has 0 radical (unpaired) electrons. The molecule has 1 unspecified atom stereocenters. The van der Waals surface area contributed by atoms with E-state index in [1.807, 2.05) is 66.7 Å². The van der Waals surface area contributed by atoms with Gasteiger partial charge in [0.2, 0.25) is 0 Å². The predicted octanol–water partition coefficient (Wildman–Crippen LogP) is 6.46. The standard InChI is InChI=1S/C30H23FN2O3S/c1-36-26-17-7-20(8-18-26)19-27-29(35)33(30(37-27)24-13-15-25(31)16-14-24)32-28(34)23-11-9-22(10-12-23)21-5-3-2-4-6-21/h2-19,30H,1H3,(H,32,34)/b27-19-. The SMILES string of the molecule is COc1ccc(/C=C2\SC(c3ccc(F)cc3)N(NC(=O)c3ccc(-c4ccccc4)cc3)C2=O)cc1.